The lowest BCUT2D eigenvalue weighted by atomic mass is 9.76. The van der Waals surface area contributed by atoms with E-state index >= 15 is 0 Å². The van der Waals surface area contributed by atoms with Crippen molar-refractivity contribution >= 4 is 11.6 Å². The molecule has 0 spiro atoms. The average Bonchev–Trinajstić information content (AvgIpc) is 2.74. The van der Waals surface area contributed by atoms with Crippen molar-refractivity contribution < 1.29 is 14.3 Å². The summed E-state index contributed by atoms with van der Waals surface area (Å²) in [6, 6.07) is 13.9. The molecule has 3 rings (SSSR count). The van der Waals surface area contributed by atoms with Crippen LogP contribution >= 0.6 is 0 Å². The van der Waals surface area contributed by atoms with Crippen LogP contribution in [0.3, 0.4) is 0 Å². The van der Waals surface area contributed by atoms with Gasteiger partial charge >= 0.3 is 0 Å². The van der Waals surface area contributed by atoms with Gasteiger partial charge in [-0.3, -0.25) is 4.79 Å². The molecule has 150 valence electrons. The van der Waals surface area contributed by atoms with Gasteiger partial charge in [-0.2, -0.15) is 0 Å². The zero-order chi connectivity index (χ0) is 20.3. The summed E-state index contributed by atoms with van der Waals surface area (Å²) < 4.78 is 10.7. The zero-order valence-corrected chi connectivity index (χ0v) is 17.6. The van der Waals surface area contributed by atoms with E-state index in [1.165, 1.54) is 5.56 Å². The molecule has 4 nitrogen and oxygen atoms in total. The molecule has 0 bridgehead atoms. The molecular formula is C24H31NO3. The second-order valence-corrected chi connectivity index (χ2v) is 7.66. The van der Waals surface area contributed by atoms with Crippen molar-refractivity contribution in [3.05, 3.63) is 53.6 Å². The highest BCUT2D eigenvalue weighted by Gasteiger charge is 2.39. The van der Waals surface area contributed by atoms with E-state index in [2.05, 4.69) is 39.0 Å². The van der Waals surface area contributed by atoms with Crippen LogP contribution in [0.5, 0.6) is 11.5 Å². The summed E-state index contributed by atoms with van der Waals surface area (Å²) in [6.45, 7) is 6.75. The topological polar surface area (TPSA) is 38.8 Å². The molecular weight excluding hydrogens is 350 g/mol. The minimum atomic E-state index is 0.0215. The largest absolute Gasteiger partial charge is 0.493 e. The summed E-state index contributed by atoms with van der Waals surface area (Å²) in [4.78, 5) is 15.7. The number of nitrogens with zero attached hydrogens (tertiary/aromatic N) is 1. The number of fused-ring (bicyclic) bond motifs is 1. The first kappa shape index (κ1) is 20.2. The van der Waals surface area contributed by atoms with Crippen LogP contribution in [0.15, 0.2) is 42.5 Å². The zero-order valence-electron chi connectivity index (χ0n) is 17.6. The van der Waals surface area contributed by atoms with Gasteiger partial charge in [-0.05, 0) is 48.1 Å². The van der Waals surface area contributed by atoms with Crippen molar-refractivity contribution in [1.29, 1.82) is 0 Å². The number of anilines is 1. The highest BCUT2D eigenvalue weighted by Crippen LogP contribution is 2.44. The summed E-state index contributed by atoms with van der Waals surface area (Å²) in [5.41, 5.74) is 2.90. The minimum Gasteiger partial charge on any atom is -0.493 e. The number of carbonyl (C=O) groups is 1. The van der Waals surface area contributed by atoms with Crippen molar-refractivity contribution in [2.24, 2.45) is 5.92 Å². The molecule has 1 aliphatic heterocycles. The summed E-state index contributed by atoms with van der Waals surface area (Å²) >= 11 is 0. The van der Waals surface area contributed by atoms with Crippen molar-refractivity contribution in [3.63, 3.8) is 0 Å². The van der Waals surface area contributed by atoms with E-state index in [0.29, 0.717) is 28.9 Å². The quantitative estimate of drug-likeness (QED) is 0.648. The molecule has 0 saturated heterocycles. The van der Waals surface area contributed by atoms with Gasteiger partial charge in [0.15, 0.2) is 11.5 Å². The molecule has 0 aromatic heterocycles. The van der Waals surface area contributed by atoms with Gasteiger partial charge in [-0.15, -0.1) is 0 Å². The molecule has 4 heteroatoms. The Morgan fingerprint density at radius 1 is 1.04 bits per heavy atom. The third-order valence-corrected chi connectivity index (χ3v) is 6.12. The highest BCUT2D eigenvalue weighted by atomic mass is 16.5. The number of para-hydroxylation sites is 1. The van der Waals surface area contributed by atoms with Gasteiger partial charge in [-0.25, -0.2) is 0 Å². The lowest BCUT2D eigenvalue weighted by Crippen LogP contribution is -2.49. The van der Waals surface area contributed by atoms with Crippen LogP contribution in [0, 0.1) is 5.92 Å². The van der Waals surface area contributed by atoms with E-state index in [0.717, 1.165) is 24.9 Å². The van der Waals surface area contributed by atoms with Crippen molar-refractivity contribution in [3.8, 4) is 11.5 Å². The molecule has 0 radical (unpaired) electrons. The summed E-state index contributed by atoms with van der Waals surface area (Å²) in [5.74, 6) is 2.04. The van der Waals surface area contributed by atoms with Gasteiger partial charge in [-0.1, -0.05) is 51.8 Å². The first-order chi connectivity index (χ1) is 13.5. The van der Waals surface area contributed by atoms with E-state index in [9.17, 15) is 4.79 Å². The Morgan fingerprint density at radius 2 is 1.75 bits per heavy atom. The Hall–Kier alpha value is -2.49. The predicted octanol–water partition coefficient (Wildman–Crippen LogP) is 5.66. The van der Waals surface area contributed by atoms with Crippen LogP contribution in [0.1, 0.15) is 61.9 Å². The molecule has 2 aromatic carbocycles. The van der Waals surface area contributed by atoms with Gasteiger partial charge in [0, 0.05) is 17.3 Å². The number of amides is 1. The monoisotopic (exact) mass is 381 g/mol. The molecule has 3 unspecified atom stereocenters. The molecule has 1 amide bonds. The molecule has 3 atom stereocenters. The Bertz CT molecular complexity index is 832. The average molecular weight is 382 g/mol. The van der Waals surface area contributed by atoms with Crippen LogP contribution in [0.25, 0.3) is 0 Å². The summed E-state index contributed by atoms with van der Waals surface area (Å²) in [6.07, 6.45) is 3.24. The second kappa shape index (κ2) is 8.68. The van der Waals surface area contributed by atoms with Gasteiger partial charge < -0.3 is 14.4 Å². The van der Waals surface area contributed by atoms with Crippen LogP contribution in [0.4, 0.5) is 5.69 Å². The van der Waals surface area contributed by atoms with Gasteiger partial charge in [0.2, 0.25) is 0 Å². The van der Waals surface area contributed by atoms with Crippen molar-refractivity contribution in [2.45, 2.75) is 52.0 Å². The fraction of sp³-hybridized carbons (Fsp3) is 0.458. The standard InChI is InChI=1S/C24H31NO3/c1-6-7-11-20-17(3)16(2)19-10-8-9-12-21(19)25(20)24(26)18-13-14-22(27-4)23(15-18)28-5/h8-10,12-17,20H,6-7,11H2,1-5H3. The molecule has 1 aliphatic rings. The van der Waals surface area contributed by atoms with Crippen LogP contribution in [0.2, 0.25) is 0 Å². The highest BCUT2D eigenvalue weighted by molar-refractivity contribution is 6.07. The Kier molecular flexibility index (Phi) is 6.28. The number of carbonyl (C=O) groups excluding carboxylic acids is 1. The van der Waals surface area contributed by atoms with E-state index in [-0.39, 0.29) is 11.9 Å². The number of benzene rings is 2. The predicted molar refractivity (Wildman–Crippen MR) is 114 cm³/mol. The van der Waals surface area contributed by atoms with Crippen LogP contribution in [-0.4, -0.2) is 26.2 Å². The minimum absolute atomic E-state index is 0.0215. The normalized spacial score (nSPS) is 21.2. The molecule has 28 heavy (non-hydrogen) atoms. The second-order valence-electron chi connectivity index (χ2n) is 7.66. The van der Waals surface area contributed by atoms with E-state index < -0.39 is 0 Å². The van der Waals surface area contributed by atoms with Crippen molar-refractivity contribution in [2.75, 3.05) is 19.1 Å². The number of rotatable bonds is 6. The Labute approximate surface area is 168 Å². The molecule has 0 N–H and O–H groups in total. The fourth-order valence-corrected chi connectivity index (χ4v) is 4.30. The number of unbranched alkanes of at least 4 members (excludes halogenated alkanes) is 1. The van der Waals surface area contributed by atoms with Crippen LogP contribution < -0.4 is 14.4 Å². The SMILES string of the molecule is CCCCC1C(C)C(C)c2ccccc2N1C(=O)c1ccc(OC)c(OC)c1. The molecule has 0 fully saturated rings. The Balaban J connectivity index is 2.07. The molecule has 0 saturated carbocycles. The third-order valence-electron chi connectivity index (χ3n) is 6.12. The number of methoxy groups -OCH3 is 2. The number of ether oxygens (including phenoxy) is 2. The lowest BCUT2D eigenvalue weighted by molar-refractivity contribution is 0.0958. The first-order valence-electron chi connectivity index (χ1n) is 10.2. The maximum absolute atomic E-state index is 13.7. The van der Waals surface area contributed by atoms with Gasteiger partial charge in [0.1, 0.15) is 0 Å². The van der Waals surface area contributed by atoms with E-state index in [4.69, 9.17) is 9.47 Å². The summed E-state index contributed by atoms with van der Waals surface area (Å²) in [7, 11) is 3.19. The summed E-state index contributed by atoms with van der Waals surface area (Å²) in [5, 5.41) is 0. The number of hydrogen-bond donors (Lipinski definition) is 0. The van der Waals surface area contributed by atoms with E-state index in [1.807, 2.05) is 17.0 Å². The number of hydrogen-bond acceptors (Lipinski definition) is 3. The smallest absolute Gasteiger partial charge is 0.258 e. The maximum Gasteiger partial charge on any atom is 0.258 e. The first-order valence-corrected chi connectivity index (χ1v) is 10.2. The maximum atomic E-state index is 13.7. The molecule has 1 heterocycles. The Morgan fingerprint density at radius 3 is 2.43 bits per heavy atom. The molecule has 0 aliphatic carbocycles. The fourth-order valence-electron chi connectivity index (χ4n) is 4.30. The van der Waals surface area contributed by atoms with Crippen LogP contribution in [-0.2, 0) is 0 Å². The third kappa shape index (κ3) is 3.60. The van der Waals surface area contributed by atoms with E-state index in [1.54, 1.807) is 26.4 Å². The van der Waals surface area contributed by atoms with Crippen molar-refractivity contribution in [1.82, 2.24) is 0 Å². The van der Waals surface area contributed by atoms with Gasteiger partial charge in [0.05, 0.1) is 14.2 Å². The lowest BCUT2D eigenvalue weighted by Gasteiger charge is -2.44. The molecule has 2 aromatic rings. The van der Waals surface area contributed by atoms with Gasteiger partial charge in [0.25, 0.3) is 5.91 Å².